The molecule has 1 aliphatic heterocycles. The highest BCUT2D eigenvalue weighted by atomic mass is 79.9. The minimum Gasteiger partial charge on any atom is -0.493 e. The second-order valence-corrected chi connectivity index (χ2v) is 4.66. The van der Waals surface area contributed by atoms with Gasteiger partial charge in [-0.1, -0.05) is 15.9 Å². The molecule has 2 rings (SSSR count). The second-order valence-electron chi connectivity index (χ2n) is 3.75. The van der Waals surface area contributed by atoms with Gasteiger partial charge in [0.05, 0.1) is 6.61 Å². The zero-order chi connectivity index (χ0) is 9.97. The van der Waals surface area contributed by atoms with E-state index in [4.69, 9.17) is 4.74 Å². The molecule has 1 N–H and O–H groups in total. The Bertz CT molecular complexity index is 323. The molecule has 0 unspecified atom stereocenters. The number of ether oxygens (including phenoxy) is 1. The van der Waals surface area contributed by atoms with Gasteiger partial charge in [-0.2, -0.15) is 0 Å². The van der Waals surface area contributed by atoms with E-state index in [1.807, 2.05) is 12.1 Å². The molecular weight excluding hydrogens is 242 g/mol. The van der Waals surface area contributed by atoms with E-state index in [9.17, 15) is 0 Å². The predicted octanol–water partition coefficient (Wildman–Crippen LogP) is 2.36. The van der Waals surface area contributed by atoms with Gasteiger partial charge >= 0.3 is 0 Å². The van der Waals surface area contributed by atoms with Crippen molar-refractivity contribution in [2.24, 2.45) is 5.92 Å². The van der Waals surface area contributed by atoms with Gasteiger partial charge in [0.15, 0.2) is 0 Å². The molecule has 1 heterocycles. The monoisotopic (exact) mass is 255 g/mol. The zero-order valence-corrected chi connectivity index (χ0v) is 9.80. The molecule has 0 bridgehead atoms. The van der Waals surface area contributed by atoms with E-state index in [0.717, 1.165) is 29.9 Å². The smallest absolute Gasteiger partial charge is 0.122 e. The molecule has 0 saturated carbocycles. The fourth-order valence-electron chi connectivity index (χ4n) is 1.45. The number of halogens is 1. The molecule has 0 spiro atoms. The molecule has 1 aromatic carbocycles. The molecule has 1 aliphatic rings. The van der Waals surface area contributed by atoms with Crippen LogP contribution in [-0.4, -0.2) is 19.7 Å². The molecule has 0 radical (unpaired) electrons. The standard InChI is InChI=1S/C11H14BrNO/c1-8-4-10(12)2-3-11(8)14-7-9-5-13-6-9/h2-4,9,13H,5-7H2,1H3. The van der Waals surface area contributed by atoms with E-state index in [2.05, 4.69) is 34.2 Å². The largest absolute Gasteiger partial charge is 0.493 e. The molecule has 0 aliphatic carbocycles. The summed E-state index contributed by atoms with van der Waals surface area (Å²) in [5.74, 6) is 1.69. The highest BCUT2D eigenvalue weighted by Crippen LogP contribution is 2.22. The van der Waals surface area contributed by atoms with Crippen LogP contribution in [0.2, 0.25) is 0 Å². The van der Waals surface area contributed by atoms with Crippen LogP contribution in [0.5, 0.6) is 5.75 Å². The summed E-state index contributed by atoms with van der Waals surface area (Å²) in [5.41, 5.74) is 1.19. The molecule has 0 amide bonds. The van der Waals surface area contributed by atoms with Gasteiger partial charge in [-0.05, 0) is 30.7 Å². The molecule has 1 aromatic rings. The first-order valence-electron chi connectivity index (χ1n) is 4.85. The molecule has 1 fully saturated rings. The number of nitrogens with one attached hydrogen (secondary N) is 1. The third-order valence-corrected chi connectivity index (χ3v) is 2.97. The summed E-state index contributed by atoms with van der Waals surface area (Å²) in [6.45, 7) is 5.08. The number of benzene rings is 1. The lowest BCUT2D eigenvalue weighted by Gasteiger charge is -2.27. The normalized spacial score (nSPS) is 16.4. The molecule has 0 atom stereocenters. The van der Waals surface area contributed by atoms with Crippen LogP contribution < -0.4 is 10.1 Å². The Balaban J connectivity index is 1.94. The summed E-state index contributed by atoms with van der Waals surface area (Å²) in [5, 5.41) is 3.23. The quantitative estimate of drug-likeness (QED) is 0.896. The van der Waals surface area contributed by atoms with Crippen LogP contribution in [0.3, 0.4) is 0 Å². The van der Waals surface area contributed by atoms with Gasteiger partial charge < -0.3 is 10.1 Å². The van der Waals surface area contributed by atoms with Crippen molar-refractivity contribution < 1.29 is 4.74 Å². The maximum Gasteiger partial charge on any atom is 0.122 e. The van der Waals surface area contributed by atoms with Crippen molar-refractivity contribution in [3.63, 3.8) is 0 Å². The van der Waals surface area contributed by atoms with E-state index in [1.165, 1.54) is 5.56 Å². The Morgan fingerprint density at radius 3 is 2.86 bits per heavy atom. The topological polar surface area (TPSA) is 21.3 Å². The molecule has 3 heteroatoms. The summed E-state index contributed by atoms with van der Waals surface area (Å²) in [7, 11) is 0. The van der Waals surface area contributed by atoms with E-state index >= 15 is 0 Å². The zero-order valence-electron chi connectivity index (χ0n) is 8.22. The summed E-state index contributed by atoms with van der Waals surface area (Å²) in [4.78, 5) is 0. The second kappa shape index (κ2) is 4.32. The lowest BCUT2D eigenvalue weighted by atomic mass is 10.1. The van der Waals surface area contributed by atoms with Gasteiger partial charge in [0.25, 0.3) is 0 Å². The average molecular weight is 256 g/mol. The highest BCUT2D eigenvalue weighted by molar-refractivity contribution is 9.10. The van der Waals surface area contributed by atoms with Crippen LogP contribution in [0.25, 0.3) is 0 Å². The molecule has 2 nitrogen and oxygen atoms in total. The number of rotatable bonds is 3. The maximum atomic E-state index is 5.73. The Hall–Kier alpha value is -0.540. The van der Waals surface area contributed by atoms with Crippen LogP contribution in [0, 0.1) is 12.8 Å². The van der Waals surface area contributed by atoms with Gasteiger partial charge in [0, 0.05) is 23.5 Å². The van der Waals surface area contributed by atoms with Crippen molar-refractivity contribution in [3.05, 3.63) is 28.2 Å². The Morgan fingerprint density at radius 1 is 1.50 bits per heavy atom. The number of hydrogen-bond donors (Lipinski definition) is 1. The predicted molar refractivity (Wildman–Crippen MR) is 60.7 cm³/mol. The SMILES string of the molecule is Cc1cc(Br)ccc1OCC1CNC1. The fourth-order valence-corrected chi connectivity index (χ4v) is 1.92. The Morgan fingerprint density at radius 2 is 2.29 bits per heavy atom. The molecular formula is C11H14BrNO. The summed E-state index contributed by atoms with van der Waals surface area (Å²) >= 11 is 3.44. The summed E-state index contributed by atoms with van der Waals surface area (Å²) in [6.07, 6.45) is 0. The summed E-state index contributed by atoms with van der Waals surface area (Å²) in [6, 6.07) is 6.11. The van der Waals surface area contributed by atoms with Crippen molar-refractivity contribution >= 4 is 15.9 Å². The molecule has 14 heavy (non-hydrogen) atoms. The van der Waals surface area contributed by atoms with E-state index < -0.39 is 0 Å². The van der Waals surface area contributed by atoms with Gasteiger partial charge in [0.2, 0.25) is 0 Å². The van der Waals surface area contributed by atoms with E-state index in [0.29, 0.717) is 5.92 Å². The maximum absolute atomic E-state index is 5.73. The molecule has 0 aromatic heterocycles. The minimum absolute atomic E-state index is 0.693. The van der Waals surface area contributed by atoms with Crippen LogP contribution in [0.1, 0.15) is 5.56 Å². The van der Waals surface area contributed by atoms with E-state index in [1.54, 1.807) is 0 Å². The average Bonchev–Trinajstić information content (AvgIpc) is 2.05. The lowest BCUT2D eigenvalue weighted by Crippen LogP contribution is -2.45. The number of aryl methyl sites for hydroxylation is 1. The van der Waals surface area contributed by atoms with Gasteiger partial charge in [-0.3, -0.25) is 0 Å². The van der Waals surface area contributed by atoms with Crippen molar-refractivity contribution in [1.82, 2.24) is 5.32 Å². The highest BCUT2D eigenvalue weighted by Gasteiger charge is 2.17. The van der Waals surface area contributed by atoms with Crippen molar-refractivity contribution in [3.8, 4) is 5.75 Å². The van der Waals surface area contributed by atoms with Gasteiger partial charge in [-0.25, -0.2) is 0 Å². The lowest BCUT2D eigenvalue weighted by molar-refractivity contribution is 0.198. The summed E-state index contributed by atoms with van der Waals surface area (Å²) < 4.78 is 6.84. The molecule has 1 saturated heterocycles. The van der Waals surface area contributed by atoms with Crippen LogP contribution in [-0.2, 0) is 0 Å². The van der Waals surface area contributed by atoms with Crippen molar-refractivity contribution in [2.75, 3.05) is 19.7 Å². The fraction of sp³-hybridized carbons (Fsp3) is 0.455. The third-order valence-electron chi connectivity index (χ3n) is 2.48. The first kappa shape index (κ1) is 9.99. The first-order valence-corrected chi connectivity index (χ1v) is 5.64. The van der Waals surface area contributed by atoms with Crippen molar-refractivity contribution in [1.29, 1.82) is 0 Å². The first-order chi connectivity index (χ1) is 6.75. The molecule has 76 valence electrons. The minimum atomic E-state index is 0.693. The van der Waals surface area contributed by atoms with Gasteiger partial charge in [-0.15, -0.1) is 0 Å². The van der Waals surface area contributed by atoms with Crippen molar-refractivity contribution in [2.45, 2.75) is 6.92 Å². The Kier molecular flexibility index (Phi) is 3.08. The van der Waals surface area contributed by atoms with E-state index in [-0.39, 0.29) is 0 Å². The van der Waals surface area contributed by atoms with Gasteiger partial charge in [0.1, 0.15) is 5.75 Å². The van der Waals surface area contributed by atoms with Crippen LogP contribution in [0.15, 0.2) is 22.7 Å². The number of hydrogen-bond acceptors (Lipinski definition) is 2. The third kappa shape index (κ3) is 2.28. The Labute approximate surface area is 92.8 Å². The van der Waals surface area contributed by atoms with Crippen LogP contribution in [0.4, 0.5) is 0 Å². The van der Waals surface area contributed by atoms with Crippen LogP contribution >= 0.6 is 15.9 Å².